The average molecular weight is 567 g/mol. The van der Waals surface area contributed by atoms with Gasteiger partial charge in [0.25, 0.3) is 5.69 Å². The van der Waals surface area contributed by atoms with E-state index in [1.54, 1.807) is 12.1 Å². The van der Waals surface area contributed by atoms with Gasteiger partial charge in [0.1, 0.15) is 0 Å². The van der Waals surface area contributed by atoms with Crippen molar-refractivity contribution in [3.05, 3.63) is 39.8 Å². The number of piperazine rings is 1. The fourth-order valence-electron chi connectivity index (χ4n) is 5.10. The quantitative estimate of drug-likeness (QED) is 0.267. The second kappa shape index (κ2) is 11.2. The van der Waals surface area contributed by atoms with Crippen LogP contribution in [0.1, 0.15) is 25.7 Å². The molecule has 0 bridgehead atoms. The number of hydrogen-bond acceptors (Lipinski definition) is 11. The number of hydrogen-bond donors (Lipinski definition) is 1. The van der Waals surface area contributed by atoms with Crippen LogP contribution in [0.3, 0.4) is 0 Å². The van der Waals surface area contributed by atoms with Crippen LogP contribution in [0, 0.1) is 10.1 Å². The van der Waals surface area contributed by atoms with E-state index in [1.165, 1.54) is 49.2 Å². The number of anilines is 4. The Bertz CT molecular complexity index is 1300. The molecule has 0 atom stereocenters. The molecule has 0 unspecified atom stereocenters. The lowest BCUT2D eigenvalue weighted by atomic mass is 10.1. The zero-order valence-corrected chi connectivity index (χ0v) is 23.2. The number of benzene rings is 1. The van der Waals surface area contributed by atoms with Crippen molar-refractivity contribution in [3.8, 4) is 11.3 Å². The number of nitro groups is 1. The van der Waals surface area contributed by atoms with Gasteiger partial charge in [-0.3, -0.25) is 10.1 Å². The van der Waals surface area contributed by atoms with Crippen molar-refractivity contribution in [2.45, 2.75) is 25.7 Å². The molecule has 3 aromatic rings. The number of nitrogens with zero attached hydrogens (tertiary/aromatic N) is 9. The number of aromatic nitrogens is 4. The van der Waals surface area contributed by atoms with Crippen LogP contribution in [0.2, 0.25) is 0 Å². The zero-order valence-electron chi connectivity index (χ0n) is 21.5. The van der Waals surface area contributed by atoms with E-state index in [-0.39, 0.29) is 5.69 Å². The molecule has 2 aromatic heterocycles. The number of thiazole rings is 1. The predicted molar refractivity (Wildman–Crippen MR) is 157 cm³/mol. The molecule has 0 saturated carbocycles. The van der Waals surface area contributed by atoms with E-state index in [0.29, 0.717) is 10.2 Å². The highest BCUT2D eigenvalue weighted by Crippen LogP contribution is 2.28. The normalized spacial score (nSPS) is 17.6. The summed E-state index contributed by atoms with van der Waals surface area (Å²) in [5.74, 6) is 2.35. The molecule has 0 spiro atoms. The molecule has 0 amide bonds. The Morgan fingerprint density at radius 1 is 0.795 bits per heavy atom. The van der Waals surface area contributed by atoms with E-state index in [4.69, 9.17) is 27.2 Å². The smallest absolute Gasteiger partial charge is 0.269 e. The van der Waals surface area contributed by atoms with Gasteiger partial charge < -0.3 is 24.9 Å². The van der Waals surface area contributed by atoms with Gasteiger partial charge in [-0.25, -0.2) is 4.98 Å². The molecule has 204 valence electrons. The average Bonchev–Trinajstić information content (AvgIpc) is 3.76. The topological polar surface area (TPSA) is 120 Å². The number of rotatable bonds is 6. The van der Waals surface area contributed by atoms with Crippen LogP contribution in [-0.2, 0) is 0 Å². The van der Waals surface area contributed by atoms with Crippen LogP contribution >= 0.6 is 23.6 Å². The van der Waals surface area contributed by atoms with Crippen LogP contribution in [0.25, 0.3) is 11.3 Å². The molecular weight excluding hydrogens is 536 g/mol. The van der Waals surface area contributed by atoms with Gasteiger partial charge in [0.2, 0.25) is 17.8 Å². The van der Waals surface area contributed by atoms with E-state index >= 15 is 0 Å². The van der Waals surface area contributed by atoms with Crippen LogP contribution in [0.4, 0.5) is 28.7 Å². The molecule has 1 aromatic carbocycles. The first-order chi connectivity index (χ1) is 19.0. The van der Waals surface area contributed by atoms with Crippen molar-refractivity contribution in [3.63, 3.8) is 0 Å². The summed E-state index contributed by atoms with van der Waals surface area (Å²) in [6.45, 7) is 7.01. The third kappa shape index (κ3) is 5.71. The van der Waals surface area contributed by atoms with E-state index in [9.17, 15) is 10.1 Å². The van der Waals surface area contributed by atoms with Crippen LogP contribution in [0.15, 0.2) is 29.6 Å². The van der Waals surface area contributed by atoms with E-state index in [0.717, 1.165) is 81.5 Å². The minimum atomic E-state index is -0.407. The Hall–Kier alpha value is -3.65. The maximum absolute atomic E-state index is 10.9. The standard InChI is InChI=1S/C25H30N10O2S2/c36-35(37)19-7-5-18(6-8-19)20-17-39-24(26-20)30-25(38)34-15-13-33(14-16-34)23-28-21(31-9-1-2-10-31)27-22(29-23)32-11-3-4-12-32/h5-8,17H,1-4,9-16H2,(H,26,30,38). The maximum atomic E-state index is 10.9. The lowest BCUT2D eigenvalue weighted by Crippen LogP contribution is -2.50. The minimum absolute atomic E-state index is 0.0596. The Morgan fingerprint density at radius 2 is 1.31 bits per heavy atom. The summed E-state index contributed by atoms with van der Waals surface area (Å²) in [6, 6.07) is 6.39. The number of non-ortho nitro benzene ring substituents is 1. The number of nitro benzene ring substituents is 1. The Labute approximate surface area is 235 Å². The SMILES string of the molecule is O=[N+]([O-])c1ccc(-c2csc(NC(=S)N3CCN(c4nc(N5CCCC5)nc(N5CCCC5)n4)CC3)n2)cc1. The van der Waals surface area contributed by atoms with Crippen molar-refractivity contribution in [1.29, 1.82) is 0 Å². The molecule has 3 aliphatic rings. The lowest BCUT2D eigenvalue weighted by molar-refractivity contribution is -0.384. The molecule has 1 N–H and O–H groups in total. The molecule has 0 radical (unpaired) electrons. The zero-order chi connectivity index (χ0) is 26.8. The first-order valence-electron chi connectivity index (χ1n) is 13.3. The summed E-state index contributed by atoms with van der Waals surface area (Å²) in [4.78, 5) is 38.7. The Morgan fingerprint density at radius 3 is 1.82 bits per heavy atom. The molecule has 6 rings (SSSR count). The lowest BCUT2D eigenvalue weighted by Gasteiger charge is -2.36. The summed E-state index contributed by atoms with van der Waals surface area (Å²) in [6.07, 6.45) is 4.71. The number of thiocarbonyl (C=S) groups is 1. The summed E-state index contributed by atoms with van der Waals surface area (Å²) in [7, 11) is 0. The van der Waals surface area contributed by atoms with E-state index in [1.807, 2.05) is 5.38 Å². The van der Waals surface area contributed by atoms with Gasteiger partial charge in [-0.05, 0) is 50.0 Å². The first-order valence-corrected chi connectivity index (χ1v) is 14.6. The van der Waals surface area contributed by atoms with E-state index < -0.39 is 4.92 Å². The van der Waals surface area contributed by atoms with Crippen molar-refractivity contribution in [2.24, 2.45) is 0 Å². The van der Waals surface area contributed by atoms with Crippen molar-refractivity contribution in [1.82, 2.24) is 24.8 Å². The Kier molecular flexibility index (Phi) is 7.37. The molecule has 3 aliphatic heterocycles. The molecule has 39 heavy (non-hydrogen) atoms. The van der Waals surface area contributed by atoms with Gasteiger partial charge in [0.15, 0.2) is 10.2 Å². The second-order valence-electron chi connectivity index (χ2n) is 9.87. The van der Waals surface area contributed by atoms with Gasteiger partial charge in [-0.15, -0.1) is 11.3 Å². The Balaban J connectivity index is 1.09. The second-order valence-corrected chi connectivity index (χ2v) is 11.1. The molecular formula is C25H30N10O2S2. The van der Waals surface area contributed by atoms with Gasteiger partial charge >= 0.3 is 0 Å². The molecule has 14 heteroatoms. The van der Waals surface area contributed by atoms with Gasteiger partial charge in [-0.1, -0.05) is 0 Å². The summed E-state index contributed by atoms with van der Waals surface area (Å²) < 4.78 is 0. The monoisotopic (exact) mass is 566 g/mol. The summed E-state index contributed by atoms with van der Waals surface area (Å²) in [5, 5.41) is 17.4. The van der Waals surface area contributed by atoms with Crippen molar-refractivity contribution in [2.75, 3.05) is 72.4 Å². The van der Waals surface area contributed by atoms with Crippen molar-refractivity contribution >= 4 is 57.3 Å². The van der Waals surface area contributed by atoms with Crippen LogP contribution in [0.5, 0.6) is 0 Å². The fraction of sp³-hybridized carbons (Fsp3) is 0.480. The highest BCUT2D eigenvalue weighted by molar-refractivity contribution is 7.80. The van der Waals surface area contributed by atoms with Crippen LogP contribution in [-0.4, -0.2) is 87.2 Å². The van der Waals surface area contributed by atoms with E-state index in [2.05, 4.69) is 29.9 Å². The molecule has 3 saturated heterocycles. The summed E-state index contributed by atoms with van der Waals surface area (Å²) >= 11 is 7.16. The van der Waals surface area contributed by atoms with Gasteiger partial charge in [0, 0.05) is 75.4 Å². The highest BCUT2D eigenvalue weighted by Gasteiger charge is 2.26. The molecule has 0 aliphatic carbocycles. The van der Waals surface area contributed by atoms with Gasteiger partial charge in [-0.2, -0.15) is 15.0 Å². The largest absolute Gasteiger partial charge is 0.345 e. The number of nitrogens with one attached hydrogen (secondary N) is 1. The molecule has 3 fully saturated rings. The van der Waals surface area contributed by atoms with Crippen LogP contribution < -0.4 is 20.0 Å². The van der Waals surface area contributed by atoms with Crippen molar-refractivity contribution < 1.29 is 4.92 Å². The minimum Gasteiger partial charge on any atom is -0.345 e. The third-order valence-corrected chi connectivity index (χ3v) is 8.44. The van der Waals surface area contributed by atoms with Gasteiger partial charge in [0.05, 0.1) is 10.6 Å². The third-order valence-electron chi connectivity index (χ3n) is 7.32. The summed E-state index contributed by atoms with van der Waals surface area (Å²) in [5.41, 5.74) is 1.63. The molecule has 12 nitrogen and oxygen atoms in total. The maximum Gasteiger partial charge on any atom is 0.269 e. The predicted octanol–water partition coefficient (Wildman–Crippen LogP) is 3.62. The first kappa shape index (κ1) is 25.6. The highest BCUT2D eigenvalue weighted by atomic mass is 32.1. The molecule has 5 heterocycles. The fourth-order valence-corrected chi connectivity index (χ4v) is 6.16.